The third-order valence-electron chi connectivity index (χ3n) is 4.10. The van der Waals surface area contributed by atoms with Crippen LogP contribution in [0, 0.1) is 13.8 Å². The van der Waals surface area contributed by atoms with Crippen LogP contribution in [0.15, 0.2) is 18.2 Å². The van der Waals surface area contributed by atoms with Crippen LogP contribution in [-0.4, -0.2) is 33.1 Å². The van der Waals surface area contributed by atoms with Gasteiger partial charge in [0.1, 0.15) is 5.75 Å². The molecule has 0 radical (unpaired) electrons. The van der Waals surface area contributed by atoms with Gasteiger partial charge in [0.2, 0.25) is 11.5 Å². The number of hydrogen-bond acceptors (Lipinski definition) is 6. The van der Waals surface area contributed by atoms with Gasteiger partial charge in [0.05, 0.1) is 32.5 Å². The zero-order valence-electron chi connectivity index (χ0n) is 16.1. The van der Waals surface area contributed by atoms with Crippen molar-refractivity contribution < 1.29 is 28.5 Å². The topological polar surface area (TPSA) is 71.1 Å². The summed E-state index contributed by atoms with van der Waals surface area (Å²) in [6.45, 7) is 4.70. The molecular weight excluding hydrogens is 372 g/mol. The van der Waals surface area contributed by atoms with Crippen LogP contribution in [0.25, 0.3) is 0 Å². The molecule has 0 atom stereocenters. The number of rotatable bonds is 6. The number of esters is 1. The van der Waals surface area contributed by atoms with E-state index in [1.54, 1.807) is 26.0 Å². The highest BCUT2D eigenvalue weighted by Gasteiger charge is 2.28. The van der Waals surface area contributed by atoms with Crippen molar-refractivity contribution in [2.45, 2.75) is 20.8 Å². The summed E-state index contributed by atoms with van der Waals surface area (Å²) >= 11 is 6.20. The number of carbonyl (C=O) groups is 2. The number of methoxy groups -OCH3 is 3. The monoisotopic (exact) mass is 392 g/mol. The van der Waals surface area contributed by atoms with Crippen LogP contribution in [0.3, 0.4) is 0 Å². The molecule has 0 amide bonds. The molecule has 0 bridgehead atoms. The summed E-state index contributed by atoms with van der Waals surface area (Å²) < 4.78 is 21.4. The van der Waals surface area contributed by atoms with E-state index in [0.29, 0.717) is 27.6 Å². The van der Waals surface area contributed by atoms with E-state index in [0.717, 1.165) is 0 Å². The SMILES string of the molecule is COc1cc(C)c(C(=O)c2c(OC(C)=O)ccc(Cl)c2C)c(OC)c1OC. The van der Waals surface area contributed by atoms with Crippen molar-refractivity contribution in [3.05, 3.63) is 45.5 Å². The van der Waals surface area contributed by atoms with Gasteiger partial charge in [0, 0.05) is 11.9 Å². The maximum atomic E-state index is 13.5. The summed E-state index contributed by atoms with van der Waals surface area (Å²) in [6.07, 6.45) is 0. The predicted octanol–water partition coefficient (Wildman–Crippen LogP) is 4.14. The van der Waals surface area contributed by atoms with Gasteiger partial charge in [0.15, 0.2) is 11.5 Å². The van der Waals surface area contributed by atoms with Gasteiger partial charge in [-0.25, -0.2) is 0 Å². The lowest BCUT2D eigenvalue weighted by Gasteiger charge is -2.19. The molecule has 0 aliphatic rings. The van der Waals surface area contributed by atoms with Gasteiger partial charge in [0.25, 0.3) is 0 Å². The van der Waals surface area contributed by atoms with Crippen molar-refractivity contribution in [3.63, 3.8) is 0 Å². The Bertz CT molecular complexity index is 904. The van der Waals surface area contributed by atoms with E-state index in [2.05, 4.69) is 0 Å². The standard InChI is InChI=1S/C20H21ClO6/c1-10-9-15(24-4)19(25-5)20(26-6)16(10)18(23)17-11(2)13(21)7-8-14(17)27-12(3)22/h7-9H,1-6H3. The molecule has 0 N–H and O–H groups in total. The molecule has 0 aliphatic carbocycles. The third-order valence-corrected chi connectivity index (χ3v) is 4.51. The summed E-state index contributed by atoms with van der Waals surface area (Å²) in [5.41, 5.74) is 1.57. The molecule has 0 fully saturated rings. The number of ether oxygens (including phenoxy) is 4. The molecule has 7 heteroatoms. The number of carbonyl (C=O) groups excluding carboxylic acids is 2. The molecule has 27 heavy (non-hydrogen) atoms. The molecule has 0 heterocycles. The lowest BCUT2D eigenvalue weighted by atomic mass is 9.93. The molecule has 2 aromatic carbocycles. The molecule has 0 aromatic heterocycles. The molecular formula is C20H21ClO6. The second kappa shape index (κ2) is 8.31. The van der Waals surface area contributed by atoms with Crippen LogP contribution in [0.5, 0.6) is 23.0 Å². The Morgan fingerprint density at radius 3 is 2.04 bits per heavy atom. The van der Waals surface area contributed by atoms with E-state index in [9.17, 15) is 9.59 Å². The lowest BCUT2D eigenvalue weighted by Crippen LogP contribution is -2.13. The number of hydrogen-bond donors (Lipinski definition) is 0. The van der Waals surface area contributed by atoms with Gasteiger partial charge in [-0.05, 0) is 43.2 Å². The maximum Gasteiger partial charge on any atom is 0.308 e. The highest BCUT2D eigenvalue weighted by atomic mass is 35.5. The Morgan fingerprint density at radius 1 is 0.889 bits per heavy atom. The van der Waals surface area contributed by atoms with E-state index < -0.39 is 11.8 Å². The van der Waals surface area contributed by atoms with Crippen molar-refractivity contribution in [1.82, 2.24) is 0 Å². The van der Waals surface area contributed by atoms with Crippen molar-refractivity contribution in [3.8, 4) is 23.0 Å². The molecule has 144 valence electrons. The average Bonchev–Trinajstić information content (AvgIpc) is 2.62. The Kier molecular flexibility index (Phi) is 6.33. The fraction of sp³-hybridized carbons (Fsp3) is 0.300. The Hall–Kier alpha value is -2.73. The molecule has 0 unspecified atom stereocenters. The zero-order valence-corrected chi connectivity index (χ0v) is 16.8. The van der Waals surface area contributed by atoms with Crippen molar-refractivity contribution >= 4 is 23.4 Å². The highest BCUT2D eigenvalue weighted by Crippen LogP contribution is 2.44. The summed E-state index contributed by atoms with van der Waals surface area (Å²) in [4.78, 5) is 24.9. The first-order valence-electron chi connectivity index (χ1n) is 8.08. The second-order valence-electron chi connectivity index (χ2n) is 5.81. The summed E-state index contributed by atoms with van der Waals surface area (Å²) in [5.74, 6) is 0.149. The van der Waals surface area contributed by atoms with E-state index >= 15 is 0 Å². The van der Waals surface area contributed by atoms with Crippen LogP contribution in [0.4, 0.5) is 0 Å². The minimum atomic E-state index is -0.540. The first-order chi connectivity index (χ1) is 12.8. The maximum absolute atomic E-state index is 13.5. The summed E-state index contributed by atoms with van der Waals surface area (Å²) in [7, 11) is 4.39. The molecule has 0 saturated carbocycles. The minimum absolute atomic E-state index is 0.130. The molecule has 2 aromatic rings. The van der Waals surface area contributed by atoms with Gasteiger partial charge in [-0.15, -0.1) is 0 Å². The molecule has 0 aliphatic heterocycles. The van der Waals surface area contributed by atoms with Crippen LogP contribution in [0.2, 0.25) is 5.02 Å². The minimum Gasteiger partial charge on any atom is -0.493 e. The predicted molar refractivity (Wildman–Crippen MR) is 102 cm³/mol. The number of halogens is 1. The van der Waals surface area contributed by atoms with Crippen LogP contribution in [-0.2, 0) is 4.79 Å². The van der Waals surface area contributed by atoms with Crippen LogP contribution < -0.4 is 18.9 Å². The van der Waals surface area contributed by atoms with Gasteiger partial charge in [-0.2, -0.15) is 0 Å². The largest absolute Gasteiger partial charge is 0.493 e. The van der Waals surface area contributed by atoms with Crippen LogP contribution in [0.1, 0.15) is 34.0 Å². The molecule has 0 saturated heterocycles. The van der Waals surface area contributed by atoms with E-state index in [4.69, 9.17) is 30.5 Å². The Labute approximate surface area is 162 Å². The first kappa shape index (κ1) is 20.6. The van der Waals surface area contributed by atoms with Crippen LogP contribution >= 0.6 is 11.6 Å². The summed E-state index contributed by atoms with van der Waals surface area (Å²) in [6, 6.07) is 4.75. The van der Waals surface area contributed by atoms with E-state index in [1.807, 2.05) is 0 Å². The van der Waals surface area contributed by atoms with Gasteiger partial charge >= 0.3 is 5.97 Å². The van der Waals surface area contributed by atoms with Gasteiger partial charge < -0.3 is 18.9 Å². The van der Waals surface area contributed by atoms with E-state index in [1.165, 1.54) is 34.3 Å². The Balaban J connectivity index is 2.79. The fourth-order valence-electron chi connectivity index (χ4n) is 2.87. The Morgan fingerprint density at radius 2 is 1.52 bits per heavy atom. The smallest absolute Gasteiger partial charge is 0.308 e. The number of aryl methyl sites for hydroxylation is 1. The van der Waals surface area contributed by atoms with Crippen molar-refractivity contribution in [2.24, 2.45) is 0 Å². The quantitative estimate of drug-likeness (QED) is 0.418. The highest BCUT2D eigenvalue weighted by molar-refractivity contribution is 6.32. The lowest BCUT2D eigenvalue weighted by molar-refractivity contribution is -0.131. The third kappa shape index (κ3) is 3.85. The number of ketones is 1. The van der Waals surface area contributed by atoms with E-state index in [-0.39, 0.29) is 22.6 Å². The zero-order chi connectivity index (χ0) is 20.3. The molecule has 2 rings (SSSR count). The fourth-order valence-corrected chi connectivity index (χ4v) is 3.03. The summed E-state index contributed by atoms with van der Waals surface area (Å²) in [5, 5.41) is 0.381. The van der Waals surface area contributed by atoms with Gasteiger partial charge in [-0.1, -0.05) is 11.6 Å². The molecule has 6 nitrogen and oxygen atoms in total. The number of benzene rings is 2. The average molecular weight is 393 g/mol. The van der Waals surface area contributed by atoms with Gasteiger partial charge in [-0.3, -0.25) is 9.59 Å². The van der Waals surface area contributed by atoms with Crippen molar-refractivity contribution in [2.75, 3.05) is 21.3 Å². The normalized spacial score (nSPS) is 10.3. The molecule has 0 spiro atoms. The first-order valence-corrected chi connectivity index (χ1v) is 8.46. The second-order valence-corrected chi connectivity index (χ2v) is 6.21. The van der Waals surface area contributed by atoms with Crippen molar-refractivity contribution in [1.29, 1.82) is 0 Å².